The first-order valence-electron chi connectivity index (χ1n) is 10.1. The number of ether oxygens (including phenoxy) is 1. The summed E-state index contributed by atoms with van der Waals surface area (Å²) in [5.74, 6) is -0.0880. The fourth-order valence-electron chi connectivity index (χ4n) is 3.87. The Balaban J connectivity index is 1.76. The lowest BCUT2D eigenvalue weighted by Gasteiger charge is -2.35. The molecule has 4 rings (SSSR count). The van der Waals surface area contributed by atoms with Gasteiger partial charge in [-0.3, -0.25) is 9.69 Å². The Morgan fingerprint density at radius 1 is 1.07 bits per heavy atom. The second-order valence-corrected chi connectivity index (χ2v) is 9.11. The van der Waals surface area contributed by atoms with Crippen LogP contribution in [0.3, 0.4) is 0 Å². The Morgan fingerprint density at radius 3 is 2.40 bits per heavy atom. The number of thiophene rings is 1. The SMILES string of the molecule is Cc1sc(NC(=O)c2ccccc2)c([C@@H](c2ccc(Cl)cc2)N2CCOCC2)c1C. The molecule has 2 aromatic carbocycles. The monoisotopic (exact) mass is 440 g/mol. The molecule has 1 N–H and O–H groups in total. The van der Waals surface area contributed by atoms with E-state index < -0.39 is 0 Å². The number of hydrogen-bond donors (Lipinski definition) is 1. The third-order valence-electron chi connectivity index (χ3n) is 5.56. The molecular formula is C24H25ClN2O2S. The molecule has 30 heavy (non-hydrogen) atoms. The van der Waals surface area contributed by atoms with Crippen molar-refractivity contribution in [3.63, 3.8) is 0 Å². The average molecular weight is 441 g/mol. The molecule has 0 aliphatic carbocycles. The molecular weight excluding hydrogens is 416 g/mol. The first-order valence-corrected chi connectivity index (χ1v) is 11.3. The molecule has 0 saturated carbocycles. The maximum absolute atomic E-state index is 12.9. The molecule has 0 radical (unpaired) electrons. The highest BCUT2D eigenvalue weighted by Gasteiger charge is 2.30. The first-order chi connectivity index (χ1) is 14.5. The van der Waals surface area contributed by atoms with Crippen LogP contribution in [-0.4, -0.2) is 37.1 Å². The summed E-state index contributed by atoms with van der Waals surface area (Å²) in [6, 6.07) is 17.4. The maximum atomic E-state index is 12.9. The molecule has 1 fully saturated rings. The van der Waals surface area contributed by atoms with Crippen LogP contribution in [0.5, 0.6) is 0 Å². The Kier molecular flexibility index (Phi) is 6.54. The van der Waals surface area contributed by atoms with Crippen LogP contribution in [0, 0.1) is 13.8 Å². The van der Waals surface area contributed by atoms with E-state index in [1.54, 1.807) is 11.3 Å². The fourth-order valence-corrected chi connectivity index (χ4v) is 5.09. The van der Waals surface area contributed by atoms with E-state index in [2.05, 4.69) is 36.2 Å². The topological polar surface area (TPSA) is 41.6 Å². The number of benzene rings is 2. The van der Waals surface area contributed by atoms with Gasteiger partial charge in [0, 0.05) is 34.1 Å². The summed E-state index contributed by atoms with van der Waals surface area (Å²) in [5, 5.41) is 4.81. The van der Waals surface area contributed by atoms with Crippen molar-refractivity contribution in [2.45, 2.75) is 19.9 Å². The molecule has 3 aromatic rings. The van der Waals surface area contributed by atoms with Crippen molar-refractivity contribution in [1.82, 2.24) is 4.90 Å². The lowest BCUT2D eigenvalue weighted by atomic mass is 9.94. The third-order valence-corrected chi connectivity index (χ3v) is 6.96. The van der Waals surface area contributed by atoms with E-state index in [4.69, 9.17) is 16.3 Å². The molecule has 2 heterocycles. The smallest absolute Gasteiger partial charge is 0.256 e. The van der Waals surface area contributed by atoms with Gasteiger partial charge in [0.05, 0.1) is 19.3 Å². The van der Waals surface area contributed by atoms with E-state index in [-0.39, 0.29) is 11.9 Å². The van der Waals surface area contributed by atoms with Gasteiger partial charge in [-0.05, 0) is 49.2 Å². The van der Waals surface area contributed by atoms with Crippen LogP contribution in [0.25, 0.3) is 0 Å². The summed E-state index contributed by atoms with van der Waals surface area (Å²) in [6.07, 6.45) is 0. The van der Waals surface area contributed by atoms with Crippen molar-refractivity contribution in [2.75, 3.05) is 31.6 Å². The number of carbonyl (C=O) groups excluding carboxylic acids is 1. The Morgan fingerprint density at radius 2 is 1.73 bits per heavy atom. The highest BCUT2D eigenvalue weighted by molar-refractivity contribution is 7.16. The van der Waals surface area contributed by atoms with Crippen LogP contribution in [0.1, 0.15) is 38.0 Å². The molecule has 156 valence electrons. The van der Waals surface area contributed by atoms with E-state index in [0.717, 1.165) is 34.2 Å². The minimum atomic E-state index is -0.0880. The second-order valence-electron chi connectivity index (χ2n) is 7.45. The van der Waals surface area contributed by atoms with E-state index in [1.165, 1.54) is 10.4 Å². The minimum absolute atomic E-state index is 0.0298. The summed E-state index contributed by atoms with van der Waals surface area (Å²) in [4.78, 5) is 16.6. The molecule has 4 nitrogen and oxygen atoms in total. The molecule has 6 heteroatoms. The largest absolute Gasteiger partial charge is 0.379 e. The Labute approximate surface area is 186 Å². The number of nitrogens with one attached hydrogen (secondary N) is 1. The molecule has 1 aromatic heterocycles. The number of rotatable bonds is 5. The number of carbonyl (C=O) groups is 1. The highest BCUT2D eigenvalue weighted by Crippen LogP contribution is 2.42. The number of nitrogens with zero attached hydrogens (tertiary/aromatic N) is 1. The molecule has 1 aliphatic heterocycles. The van der Waals surface area contributed by atoms with Gasteiger partial charge in [0.2, 0.25) is 0 Å². The first kappa shape index (κ1) is 21.1. The number of halogens is 1. The van der Waals surface area contributed by atoms with Gasteiger partial charge in [0.25, 0.3) is 5.91 Å². The predicted octanol–water partition coefficient (Wildman–Crippen LogP) is 5.69. The molecule has 1 saturated heterocycles. The molecule has 1 atom stereocenters. The van der Waals surface area contributed by atoms with Crippen molar-refractivity contribution < 1.29 is 9.53 Å². The molecule has 1 amide bonds. The van der Waals surface area contributed by atoms with Crippen LogP contribution in [0.2, 0.25) is 5.02 Å². The second kappa shape index (κ2) is 9.31. The lowest BCUT2D eigenvalue weighted by molar-refractivity contribution is 0.0240. The van der Waals surface area contributed by atoms with Crippen molar-refractivity contribution >= 4 is 33.8 Å². The zero-order valence-corrected chi connectivity index (χ0v) is 18.7. The minimum Gasteiger partial charge on any atom is -0.379 e. The number of anilines is 1. The van der Waals surface area contributed by atoms with Gasteiger partial charge >= 0.3 is 0 Å². The van der Waals surface area contributed by atoms with Gasteiger partial charge in [-0.2, -0.15) is 0 Å². The van der Waals surface area contributed by atoms with Crippen LogP contribution in [0.4, 0.5) is 5.00 Å². The standard InChI is InChI=1S/C24H25ClN2O2S/c1-16-17(2)30-24(26-23(28)19-6-4-3-5-7-19)21(16)22(27-12-14-29-15-13-27)18-8-10-20(25)11-9-18/h3-11,22H,12-15H2,1-2H3,(H,26,28)/t22-/m1/s1. The summed E-state index contributed by atoms with van der Waals surface area (Å²) in [6.45, 7) is 7.35. The van der Waals surface area contributed by atoms with E-state index in [0.29, 0.717) is 18.8 Å². The highest BCUT2D eigenvalue weighted by atomic mass is 35.5. The van der Waals surface area contributed by atoms with Crippen LogP contribution < -0.4 is 5.32 Å². The summed E-state index contributed by atoms with van der Waals surface area (Å²) >= 11 is 7.80. The summed E-state index contributed by atoms with van der Waals surface area (Å²) < 4.78 is 5.60. The van der Waals surface area contributed by atoms with Crippen molar-refractivity contribution in [1.29, 1.82) is 0 Å². The van der Waals surface area contributed by atoms with Crippen molar-refractivity contribution in [3.8, 4) is 0 Å². The molecule has 1 aliphatic rings. The van der Waals surface area contributed by atoms with Gasteiger partial charge in [-0.1, -0.05) is 41.9 Å². The van der Waals surface area contributed by atoms with Gasteiger partial charge in [-0.15, -0.1) is 11.3 Å². The number of hydrogen-bond acceptors (Lipinski definition) is 4. The summed E-state index contributed by atoms with van der Waals surface area (Å²) in [7, 11) is 0. The lowest BCUT2D eigenvalue weighted by Crippen LogP contribution is -2.39. The van der Waals surface area contributed by atoms with Gasteiger partial charge in [0.1, 0.15) is 5.00 Å². The zero-order chi connectivity index (χ0) is 21.1. The van der Waals surface area contributed by atoms with Gasteiger partial charge in [-0.25, -0.2) is 0 Å². The fraction of sp³-hybridized carbons (Fsp3) is 0.292. The van der Waals surface area contributed by atoms with Crippen LogP contribution in [-0.2, 0) is 4.74 Å². The molecule has 0 spiro atoms. The normalized spacial score (nSPS) is 15.7. The summed E-state index contributed by atoms with van der Waals surface area (Å²) in [5.41, 5.74) is 4.19. The van der Waals surface area contributed by atoms with Crippen molar-refractivity contribution in [3.05, 3.63) is 86.8 Å². The number of amides is 1. The maximum Gasteiger partial charge on any atom is 0.256 e. The average Bonchev–Trinajstić information content (AvgIpc) is 3.04. The number of morpholine rings is 1. The molecule has 0 bridgehead atoms. The predicted molar refractivity (Wildman–Crippen MR) is 124 cm³/mol. The Hall–Kier alpha value is -2.18. The number of aryl methyl sites for hydroxylation is 1. The van der Waals surface area contributed by atoms with Crippen LogP contribution in [0.15, 0.2) is 54.6 Å². The van der Waals surface area contributed by atoms with Crippen molar-refractivity contribution in [2.24, 2.45) is 0 Å². The van der Waals surface area contributed by atoms with E-state index in [1.807, 2.05) is 42.5 Å². The quantitative estimate of drug-likeness (QED) is 0.553. The molecule has 0 unspecified atom stereocenters. The van der Waals surface area contributed by atoms with Gasteiger partial charge in [0.15, 0.2) is 0 Å². The third kappa shape index (κ3) is 4.44. The van der Waals surface area contributed by atoms with E-state index in [9.17, 15) is 4.79 Å². The zero-order valence-electron chi connectivity index (χ0n) is 17.2. The Bertz CT molecular complexity index is 1010. The van der Waals surface area contributed by atoms with E-state index >= 15 is 0 Å². The van der Waals surface area contributed by atoms with Gasteiger partial charge < -0.3 is 10.1 Å². The van der Waals surface area contributed by atoms with Crippen LogP contribution >= 0.6 is 22.9 Å².